The summed E-state index contributed by atoms with van der Waals surface area (Å²) in [6.45, 7) is 3.33. The first-order valence-electron chi connectivity index (χ1n) is 7.77. The molecule has 0 bridgehead atoms. The summed E-state index contributed by atoms with van der Waals surface area (Å²) >= 11 is 0. The summed E-state index contributed by atoms with van der Waals surface area (Å²) in [7, 11) is 1.68. The topological polar surface area (TPSA) is 81.1 Å². The average Bonchev–Trinajstić information content (AvgIpc) is 2.58. The number of aryl methyl sites for hydroxylation is 2. The van der Waals surface area contributed by atoms with E-state index in [0.29, 0.717) is 22.2 Å². The molecule has 0 aliphatic rings. The number of Topliss-reactive ketones (excluding diaryl/α,β-unsaturated/α-hetero) is 1. The van der Waals surface area contributed by atoms with Gasteiger partial charge in [0.05, 0.1) is 10.9 Å². The second-order valence-corrected chi connectivity index (χ2v) is 5.91. The minimum Gasteiger partial charge on any atom is -0.320 e. The van der Waals surface area contributed by atoms with E-state index in [0.717, 1.165) is 5.56 Å². The van der Waals surface area contributed by atoms with Crippen LogP contribution in [0.4, 0.5) is 5.69 Å². The molecule has 25 heavy (non-hydrogen) atoms. The van der Waals surface area contributed by atoms with E-state index in [1.54, 1.807) is 43.4 Å². The monoisotopic (exact) mass is 335 g/mol. The Morgan fingerprint density at radius 3 is 2.60 bits per heavy atom. The Kier molecular flexibility index (Phi) is 4.19. The fourth-order valence-electron chi connectivity index (χ4n) is 2.65. The lowest BCUT2D eigenvalue weighted by Crippen LogP contribution is -2.26. The standard InChI is InChI=1S/C19H17N3O3/c1-11-7-8-16-15(9-11)18(24)17(21-22(16)3)19(25)20-14-6-4-5-13(10-14)12(2)23/h4-10H,1-3H3,(H,20,25). The highest BCUT2D eigenvalue weighted by molar-refractivity contribution is 6.05. The Hall–Kier alpha value is -3.28. The van der Waals surface area contributed by atoms with Crippen LogP contribution in [0.5, 0.6) is 0 Å². The molecule has 0 atom stereocenters. The van der Waals surface area contributed by atoms with Crippen LogP contribution < -0.4 is 10.7 Å². The summed E-state index contributed by atoms with van der Waals surface area (Å²) < 4.78 is 1.51. The molecule has 126 valence electrons. The first-order valence-corrected chi connectivity index (χ1v) is 7.77. The van der Waals surface area contributed by atoms with Crippen LogP contribution in [0.15, 0.2) is 47.3 Å². The summed E-state index contributed by atoms with van der Waals surface area (Å²) in [5, 5.41) is 7.19. The summed E-state index contributed by atoms with van der Waals surface area (Å²) in [5.74, 6) is -0.712. The number of anilines is 1. The molecule has 0 aliphatic carbocycles. The number of hydrogen-bond donors (Lipinski definition) is 1. The van der Waals surface area contributed by atoms with Gasteiger partial charge in [-0.05, 0) is 38.1 Å². The van der Waals surface area contributed by atoms with Crippen LogP contribution in [0, 0.1) is 6.92 Å². The van der Waals surface area contributed by atoms with Crippen molar-refractivity contribution in [2.45, 2.75) is 13.8 Å². The summed E-state index contributed by atoms with van der Waals surface area (Å²) in [5.41, 5.74) is 1.89. The quantitative estimate of drug-likeness (QED) is 0.746. The van der Waals surface area contributed by atoms with Gasteiger partial charge in [0.25, 0.3) is 5.91 Å². The first kappa shape index (κ1) is 16.6. The van der Waals surface area contributed by atoms with E-state index in [1.165, 1.54) is 11.6 Å². The molecule has 1 heterocycles. The lowest BCUT2D eigenvalue weighted by molar-refractivity contribution is 0.100. The maximum atomic E-state index is 12.6. The molecule has 0 unspecified atom stereocenters. The molecular formula is C19H17N3O3. The van der Waals surface area contributed by atoms with Crippen molar-refractivity contribution in [2.24, 2.45) is 7.05 Å². The normalized spacial score (nSPS) is 10.7. The van der Waals surface area contributed by atoms with Crippen LogP contribution in [-0.4, -0.2) is 21.5 Å². The maximum Gasteiger partial charge on any atom is 0.280 e. The lowest BCUT2D eigenvalue weighted by Gasteiger charge is -2.09. The molecule has 0 radical (unpaired) electrons. The van der Waals surface area contributed by atoms with Crippen LogP contribution in [0.1, 0.15) is 33.3 Å². The average molecular weight is 335 g/mol. The van der Waals surface area contributed by atoms with Crippen molar-refractivity contribution in [2.75, 3.05) is 5.32 Å². The van der Waals surface area contributed by atoms with Crippen molar-refractivity contribution in [3.63, 3.8) is 0 Å². The number of benzene rings is 2. The lowest BCUT2D eigenvalue weighted by atomic mass is 10.1. The Labute approximate surface area is 144 Å². The highest BCUT2D eigenvalue weighted by atomic mass is 16.2. The molecule has 0 fully saturated rings. The molecule has 3 aromatic rings. The van der Waals surface area contributed by atoms with Crippen LogP contribution in [0.3, 0.4) is 0 Å². The van der Waals surface area contributed by atoms with E-state index in [9.17, 15) is 14.4 Å². The Morgan fingerprint density at radius 1 is 1.12 bits per heavy atom. The van der Waals surface area contributed by atoms with Crippen molar-refractivity contribution >= 4 is 28.3 Å². The van der Waals surface area contributed by atoms with E-state index in [2.05, 4.69) is 10.4 Å². The number of carbonyl (C=O) groups is 2. The number of carbonyl (C=O) groups excluding carboxylic acids is 2. The number of amides is 1. The minimum atomic E-state index is -0.607. The molecule has 0 saturated heterocycles. The molecule has 3 rings (SSSR count). The zero-order valence-electron chi connectivity index (χ0n) is 14.2. The number of nitrogens with zero attached hydrogens (tertiary/aromatic N) is 2. The fourth-order valence-corrected chi connectivity index (χ4v) is 2.65. The third-order valence-corrected chi connectivity index (χ3v) is 3.95. The minimum absolute atomic E-state index is 0.105. The Morgan fingerprint density at radius 2 is 1.88 bits per heavy atom. The first-order chi connectivity index (χ1) is 11.9. The van der Waals surface area contributed by atoms with Crippen LogP contribution in [-0.2, 0) is 7.05 Å². The summed E-state index contributed by atoms with van der Waals surface area (Å²) in [6.07, 6.45) is 0. The largest absolute Gasteiger partial charge is 0.320 e. The van der Waals surface area contributed by atoms with E-state index < -0.39 is 11.3 Å². The van der Waals surface area contributed by atoms with Gasteiger partial charge in [-0.3, -0.25) is 19.1 Å². The van der Waals surface area contributed by atoms with Crippen molar-refractivity contribution in [3.05, 3.63) is 69.5 Å². The number of aromatic nitrogens is 2. The molecule has 0 spiro atoms. The maximum absolute atomic E-state index is 12.6. The summed E-state index contributed by atoms with van der Waals surface area (Å²) in [6, 6.07) is 12.0. The predicted molar refractivity (Wildman–Crippen MR) is 96.1 cm³/mol. The van der Waals surface area contributed by atoms with Gasteiger partial charge >= 0.3 is 0 Å². The van der Waals surface area contributed by atoms with Gasteiger partial charge in [-0.2, -0.15) is 5.10 Å². The molecule has 2 aromatic carbocycles. The molecule has 0 saturated carbocycles. The highest BCUT2D eigenvalue weighted by Crippen LogP contribution is 2.14. The molecule has 0 aliphatic heterocycles. The third kappa shape index (κ3) is 3.19. The van der Waals surface area contributed by atoms with Gasteiger partial charge < -0.3 is 5.32 Å². The fraction of sp³-hybridized carbons (Fsp3) is 0.158. The van der Waals surface area contributed by atoms with Crippen molar-refractivity contribution in [1.82, 2.24) is 9.78 Å². The SMILES string of the molecule is CC(=O)c1cccc(NC(=O)c2nn(C)c3ccc(C)cc3c2=O)c1. The van der Waals surface area contributed by atoms with Crippen molar-refractivity contribution < 1.29 is 9.59 Å². The van der Waals surface area contributed by atoms with E-state index >= 15 is 0 Å². The van der Waals surface area contributed by atoms with Crippen molar-refractivity contribution in [3.8, 4) is 0 Å². The molecule has 6 nitrogen and oxygen atoms in total. The van der Waals surface area contributed by atoms with Gasteiger partial charge in [0, 0.05) is 18.3 Å². The number of rotatable bonds is 3. The number of hydrogen-bond acceptors (Lipinski definition) is 4. The van der Waals surface area contributed by atoms with Crippen LogP contribution in [0.25, 0.3) is 10.9 Å². The Balaban J connectivity index is 2.03. The smallest absolute Gasteiger partial charge is 0.280 e. The van der Waals surface area contributed by atoms with E-state index in [-0.39, 0.29) is 11.5 Å². The number of ketones is 1. The molecule has 1 amide bonds. The van der Waals surface area contributed by atoms with E-state index in [4.69, 9.17) is 0 Å². The van der Waals surface area contributed by atoms with Gasteiger partial charge in [0.15, 0.2) is 11.5 Å². The third-order valence-electron chi connectivity index (χ3n) is 3.95. The molecule has 1 aromatic heterocycles. The van der Waals surface area contributed by atoms with Gasteiger partial charge in [-0.1, -0.05) is 23.8 Å². The molecule has 1 N–H and O–H groups in total. The highest BCUT2D eigenvalue weighted by Gasteiger charge is 2.17. The summed E-state index contributed by atoms with van der Waals surface area (Å²) in [4.78, 5) is 36.6. The van der Waals surface area contributed by atoms with E-state index in [1.807, 2.05) is 13.0 Å². The van der Waals surface area contributed by atoms with Crippen LogP contribution >= 0.6 is 0 Å². The second kappa shape index (κ2) is 6.32. The van der Waals surface area contributed by atoms with Gasteiger partial charge in [-0.25, -0.2) is 0 Å². The van der Waals surface area contributed by atoms with Gasteiger partial charge in [0.1, 0.15) is 0 Å². The predicted octanol–water partition coefficient (Wildman–Crippen LogP) is 2.70. The second-order valence-electron chi connectivity index (χ2n) is 5.91. The number of fused-ring (bicyclic) bond motifs is 1. The molecule has 6 heteroatoms. The van der Waals surface area contributed by atoms with Crippen LogP contribution in [0.2, 0.25) is 0 Å². The zero-order chi connectivity index (χ0) is 18.1. The van der Waals surface area contributed by atoms with Gasteiger partial charge in [-0.15, -0.1) is 0 Å². The van der Waals surface area contributed by atoms with Gasteiger partial charge in [0.2, 0.25) is 5.43 Å². The zero-order valence-corrected chi connectivity index (χ0v) is 14.2. The Bertz CT molecular complexity index is 1070. The number of nitrogens with one attached hydrogen (secondary N) is 1. The van der Waals surface area contributed by atoms with Crippen molar-refractivity contribution in [1.29, 1.82) is 0 Å². The molecular weight excluding hydrogens is 318 g/mol.